The monoisotopic (exact) mass is 393 g/mol. The first-order chi connectivity index (χ1) is 14.0. The zero-order valence-electron chi connectivity index (χ0n) is 17.0. The van der Waals surface area contributed by atoms with E-state index >= 15 is 0 Å². The number of hydrogen-bond acceptors (Lipinski definition) is 5. The highest BCUT2D eigenvalue weighted by Crippen LogP contribution is 2.38. The second kappa shape index (κ2) is 8.31. The molecule has 29 heavy (non-hydrogen) atoms. The zero-order chi connectivity index (χ0) is 20.4. The molecule has 0 bridgehead atoms. The number of carbonyl (C=O) groups excluding carboxylic acids is 2. The number of benzene rings is 1. The summed E-state index contributed by atoms with van der Waals surface area (Å²) in [5, 5.41) is 10.5. The van der Waals surface area contributed by atoms with Gasteiger partial charge in [0.05, 0.1) is 17.8 Å². The van der Waals surface area contributed by atoms with Crippen molar-refractivity contribution in [2.45, 2.75) is 58.8 Å². The van der Waals surface area contributed by atoms with E-state index in [9.17, 15) is 9.59 Å². The van der Waals surface area contributed by atoms with Crippen molar-refractivity contribution in [2.75, 3.05) is 5.32 Å². The van der Waals surface area contributed by atoms with E-state index in [0.717, 1.165) is 49.8 Å². The number of aryl methyl sites for hydroxylation is 2. The third-order valence-corrected chi connectivity index (χ3v) is 6.10. The molecule has 1 atom stereocenters. The van der Waals surface area contributed by atoms with Gasteiger partial charge in [0.1, 0.15) is 0 Å². The number of nitrogens with zero attached hydrogens (tertiary/aromatic N) is 2. The number of amides is 1. The van der Waals surface area contributed by atoms with Crippen molar-refractivity contribution in [2.24, 2.45) is 11.8 Å². The lowest BCUT2D eigenvalue weighted by Crippen LogP contribution is -2.29. The minimum Gasteiger partial charge on any atom is -0.376 e. The Kier molecular flexibility index (Phi) is 5.60. The van der Waals surface area contributed by atoms with E-state index in [-0.39, 0.29) is 5.92 Å². The molecule has 1 unspecified atom stereocenters. The average molecular weight is 393 g/mol. The number of aromatic nitrogens is 2. The number of hydrogen-bond donors (Lipinski definition) is 1. The largest absolute Gasteiger partial charge is 0.419 e. The predicted octanol–water partition coefficient (Wildman–Crippen LogP) is 4.04. The Morgan fingerprint density at radius 2 is 1.76 bits per heavy atom. The van der Waals surface area contributed by atoms with E-state index in [1.54, 1.807) is 12.4 Å². The fourth-order valence-corrected chi connectivity index (χ4v) is 4.55. The van der Waals surface area contributed by atoms with Crippen molar-refractivity contribution in [3.8, 4) is 0 Å². The highest BCUT2D eigenvalue weighted by atomic mass is 16.6. The maximum Gasteiger partial charge on any atom is 0.419 e. The van der Waals surface area contributed by atoms with Crippen LogP contribution in [0.15, 0.2) is 24.5 Å². The highest BCUT2D eigenvalue weighted by Gasteiger charge is 2.29. The lowest BCUT2D eigenvalue weighted by Gasteiger charge is -2.20. The van der Waals surface area contributed by atoms with Crippen LogP contribution in [0.5, 0.6) is 0 Å². The van der Waals surface area contributed by atoms with Crippen molar-refractivity contribution < 1.29 is 14.3 Å². The minimum absolute atomic E-state index is 0.0358. The number of anilines is 1. The van der Waals surface area contributed by atoms with Gasteiger partial charge in [0.15, 0.2) is 0 Å². The first-order valence-electron chi connectivity index (χ1n) is 10.5. The molecule has 2 aliphatic carbocycles. The van der Waals surface area contributed by atoms with Gasteiger partial charge in [-0.2, -0.15) is 10.2 Å². The van der Waals surface area contributed by atoms with Crippen molar-refractivity contribution in [1.82, 2.24) is 10.2 Å². The quantitative estimate of drug-likeness (QED) is 0.612. The summed E-state index contributed by atoms with van der Waals surface area (Å²) in [6, 6.07) is 4.14. The van der Waals surface area contributed by atoms with E-state index in [4.69, 9.17) is 4.74 Å². The van der Waals surface area contributed by atoms with E-state index in [1.807, 2.05) is 19.9 Å². The molecule has 6 heteroatoms. The minimum atomic E-state index is -0.678. The van der Waals surface area contributed by atoms with Gasteiger partial charge >= 0.3 is 12.1 Å². The van der Waals surface area contributed by atoms with Gasteiger partial charge in [0, 0.05) is 6.20 Å². The number of fused-ring (bicyclic) bond motifs is 2. The van der Waals surface area contributed by atoms with Crippen LogP contribution in [0.25, 0.3) is 0 Å². The Labute approximate surface area is 171 Å². The fourth-order valence-electron chi connectivity index (χ4n) is 4.55. The van der Waals surface area contributed by atoms with Crippen LogP contribution >= 0.6 is 0 Å². The summed E-state index contributed by atoms with van der Waals surface area (Å²) in [5.74, 6) is -0.885. The second-order valence-corrected chi connectivity index (χ2v) is 8.37. The van der Waals surface area contributed by atoms with Crippen LogP contribution in [-0.4, -0.2) is 22.3 Å². The molecule has 1 amide bonds. The van der Waals surface area contributed by atoms with Crippen LogP contribution in [0.1, 0.15) is 54.5 Å². The number of ether oxygens (including phenoxy) is 1. The molecule has 1 aromatic heterocycles. The third kappa shape index (κ3) is 4.16. The predicted molar refractivity (Wildman–Crippen MR) is 110 cm³/mol. The summed E-state index contributed by atoms with van der Waals surface area (Å²) in [5.41, 5.74) is 6.89. The summed E-state index contributed by atoms with van der Waals surface area (Å²) >= 11 is 0. The molecule has 6 nitrogen and oxygen atoms in total. The molecule has 0 aliphatic heterocycles. The van der Waals surface area contributed by atoms with Crippen LogP contribution < -0.4 is 5.32 Å². The average Bonchev–Trinajstić information content (AvgIpc) is 3.35. The van der Waals surface area contributed by atoms with Gasteiger partial charge in [0.2, 0.25) is 0 Å². The molecule has 152 valence electrons. The Morgan fingerprint density at radius 3 is 2.34 bits per heavy atom. The molecule has 2 aromatic rings. The highest BCUT2D eigenvalue weighted by molar-refractivity contribution is 5.95. The second-order valence-electron chi connectivity index (χ2n) is 8.37. The number of rotatable bonds is 5. The molecule has 2 aliphatic rings. The summed E-state index contributed by atoms with van der Waals surface area (Å²) in [7, 11) is 0. The summed E-state index contributed by atoms with van der Waals surface area (Å²) in [4.78, 5) is 25.4. The van der Waals surface area contributed by atoms with Crippen LogP contribution in [0.4, 0.5) is 10.5 Å². The lowest BCUT2D eigenvalue weighted by atomic mass is 9.90. The standard InChI is InChI=1S/C23H27N3O3/c1-14(2)20(11-15-9-10-24-25-13-15)22(27)29-23(28)26-21-18-7-3-5-16(18)12-17-6-4-8-19(17)21/h9-10,12-14,20H,3-8,11H2,1-2H3,(H,26,28). The molecule has 0 radical (unpaired) electrons. The molecule has 4 rings (SSSR count). The van der Waals surface area contributed by atoms with Crippen molar-refractivity contribution in [3.05, 3.63) is 52.3 Å². The molecular weight excluding hydrogens is 366 g/mol. The molecule has 1 aromatic carbocycles. The lowest BCUT2D eigenvalue weighted by molar-refractivity contribution is -0.143. The number of esters is 1. The van der Waals surface area contributed by atoms with Gasteiger partial charge in [-0.05, 0) is 84.7 Å². The molecule has 1 N–H and O–H groups in total. The topological polar surface area (TPSA) is 81.2 Å². The molecule has 0 saturated carbocycles. The Hall–Kier alpha value is -2.76. The first kappa shape index (κ1) is 19.6. The van der Waals surface area contributed by atoms with Crippen LogP contribution in [0.2, 0.25) is 0 Å². The molecule has 0 fully saturated rings. The molecule has 0 spiro atoms. The third-order valence-electron chi connectivity index (χ3n) is 6.10. The van der Waals surface area contributed by atoms with E-state index in [0.29, 0.717) is 6.42 Å². The van der Waals surface area contributed by atoms with Crippen molar-refractivity contribution in [3.63, 3.8) is 0 Å². The van der Waals surface area contributed by atoms with Gasteiger partial charge in [-0.15, -0.1) is 0 Å². The number of carbonyl (C=O) groups is 2. The van der Waals surface area contributed by atoms with Gasteiger partial charge in [0.25, 0.3) is 0 Å². The fraction of sp³-hybridized carbons (Fsp3) is 0.478. The summed E-state index contributed by atoms with van der Waals surface area (Å²) in [6.45, 7) is 3.91. The Morgan fingerprint density at radius 1 is 1.07 bits per heavy atom. The van der Waals surface area contributed by atoms with Crippen LogP contribution in [0.3, 0.4) is 0 Å². The number of nitrogens with one attached hydrogen (secondary N) is 1. The molecule has 1 heterocycles. The van der Waals surface area contributed by atoms with Crippen LogP contribution in [0, 0.1) is 11.8 Å². The summed E-state index contributed by atoms with van der Waals surface area (Å²) < 4.78 is 5.24. The van der Waals surface area contributed by atoms with E-state index in [1.165, 1.54) is 22.3 Å². The van der Waals surface area contributed by atoms with E-state index < -0.39 is 18.0 Å². The Bertz CT molecular complexity index is 892. The maximum atomic E-state index is 12.7. The van der Waals surface area contributed by atoms with Gasteiger partial charge in [-0.1, -0.05) is 19.9 Å². The summed E-state index contributed by atoms with van der Waals surface area (Å²) in [6.07, 6.45) is 9.29. The van der Waals surface area contributed by atoms with E-state index in [2.05, 4.69) is 21.6 Å². The SMILES string of the molecule is CC(C)C(Cc1ccnnc1)C(=O)OC(=O)Nc1c2c(cc3c1CCC3)CCC2. The maximum absolute atomic E-state index is 12.7. The Balaban J connectivity index is 1.48. The molecule has 0 saturated heterocycles. The van der Waals surface area contributed by atoms with Gasteiger partial charge < -0.3 is 4.74 Å². The molecular formula is C23H27N3O3. The van der Waals surface area contributed by atoms with Crippen molar-refractivity contribution in [1.29, 1.82) is 0 Å². The van der Waals surface area contributed by atoms with Gasteiger partial charge in [-0.3, -0.25) is 10.1 Å². The van der Waals surface area contributed by atoms with Gasteiger partial charge in [-0.25, -0.2) is 4.79 Å². The normalized spacial score (nSPS) is 15.7. The smallest absolute Gasteiger partial charge is 0.376 e. The zero-order valence-corrected chi connectivity index (χ0v) is 17.0. The van der Waals surface area contributed by atoms with Crippen molar-refractivity contribution >= 4 is 17.7 Å². The van der Waals surface area contributed by atoms with Crippen LogP contribution in [-0.2, 0) is 41.6 Å². The first-order valence-corrected chi connectivity index (χ1v) is 10.5.